The van der Waals surface area contributed by atoms with Crippen LogP contribution in [0.2, 0.25) is 0 Å². The number of ether oxygens (including phenoxy) is 1. The summed E-state index contributed by atoms with van der Waals surface area (Å²) in [5.41, 5.74) is -0.845. The van der Waals surface area contributed by atoms with E-state index in [1.54, 1.807) is 6.92 Å². The Labute approximate surface area is 110 Å². The molecule has 1 heterocycles. The van der Waals surface area contributed by atoms with Crippen molar-refractivity contribution < 1.29 is 18.3 Å². The molecule has 19 heavy (non-hydrogen) atoms. The quantitative estimate of drug-likeness (QED) is 0.718. The molecular weight excluding hydrogens is 256 g/mol. The Morgan fingerprint density at radius 2 is 2.11 bits per heavy atom. The van der Waals surface area contributed by atoms with Crippen LogP contribution in [-0.4, -0.2) is 27.6 Å². The molecule has 1 aromatic rings. The van der Waals surface area contributed by atoms with E-state index in [0.717, 1.165) is 17.5 Å². The van der Waals surface area contributed by atoms with Crippen LogP contribution in [0.4, 0.5) is 8.78 Å². The van der Waals surface area contributed by atoms with E-state index in [0.29, 0.717) is 6.54 Å². The molecule has 0 spiro atoms. The Hall–Kier alpha value is -1.53. The van der Waals surface area contributed by atoms with Gasteiger partial charge in [-0.05, 0) is 19.3 Å². The summed E-state index contributed by atoms with van der Waals surface area (Å²) in [5, 5.41) is 7.18. The normalized spacial score (nSPS) is 12.7. The molecule has 108 valence electrons. The molecule has 0 aliphatic rings. The first kappa shape index (κ1) is 15.5. The first-order valence-electron chi connectivity index (χ1n) is 6.39. The molecule has 1 atom stereocenters. The number of hydrogen-bond donors (Lipinski definition) is 0. The van der Waals surface area contributed by atoms with Crippen LogP contribution in [0.15, 0.2) is 0 Å². The Kier molecular flexibility index (Phi) is 5.85. The van der Waals surface area contributed by atoms with Crippen LogP contribution in [0.25, 0.3) is 0 Å². The summed E-state index contributed by atoms with van der Waals surface area (Å²) < 4.78 is 31.9. The minimum Gasteiger partial charge on any atom is -0.461 e. The van der Waals surface area contributed by atoms with Crippen molar-refractivity contribution in [2.75, 3.05) is 6.61 Å². The molecule has 0 bridgehead atoms. The van der Waals surface area contributed by atoms with Crippen molar-refractivity contribution in [3.05, 3.63) is 11.4 Å². The minimum atomic E-state index is -2.80. The number of carbonyl (C=O) groups excluding carboxylic acids is 1. The summed E-state index contributed by atoms with van der Waals surface area (Å²) in [4.78, 5) is 11.5. The van der Waals surface area contributed by atoms with E-state index in [2.05, 4.69) is 10.3 Å². The molecule has 0 aliphatic heterocycles. The summed E-state index contributed by atoms with van der Waals surface area (Å²) in [6.07, 6.45) is -0.940. The zero-order valence-corrected chi connectivity index (χ0v) is 11.4. The summed E-state index contributed by atoms with van der Waals surface area (Å²) in [6.45, 7) is 6.01. The van der Waals surface area contributed by atoms with E-state index >= 15 is 0 Å². The second-order valence-electron chi connectivity index (χ2n) is 4.42. The average molecular weight is 275 g/mol. The molecule has 0 radical (unpaired) electrons. The topological polar surface area (TPSA) is 57.0 Å². The van der Waals surface area contributed by atoms with Crippen molar-refractivity contribution >= 4 is 5.97 Å². The average Bonchev–Trinajstić information content (AvgIpc) is 2.73. The lowest BCUT2D eigenvalue weighted by molar-refractivity contribution is 0.0506. The third kappa shape index (κ3) is 3.97. The first-order valence-corrected chi connectivity index (χ1v) is 6.39. The molecule has 1 aromatic heterocycles. The van der Waals surface area contributed by atoms with Crippen molar-refractivity contribution in [2.24, 2.45) is 5.92 Å². The zero-order valence-electron chi connectivity index (χ0n) is 11.4. The monoisotopic (exact) mass is 275 g/mol. The second-order valence-corrected chi connectivity index (χ2v) is 4.42. The van der Waals surface area contributed by atoms with E-state index < -0.39 is 18.1 Å². The van der Waals surface area contributed by atoms with E-state index in [4.69, 9.17) is 4.74 Å². The van der Waals surface area contributed by atoms with Crippen LogP contribution in [0.3, 0.4) is 0 Å². The molecule has 5 nitrogen and oxygen atoms in total. The van der Waals surface area contributed by atoms with Gasteiger partial charge in [0.25, 0.3) is 6.43 Å². The van der Waals surface area contributed by atoms with Crippen molar-refractivity contribution in [1.29, 1.82) is 0 Å². The number of alkyl halides is 2. The standard InChI is InChI=1S/C12H19F2N3O2/c1-4-6-8(3)7-17-10(11(13)14)9(15-16-17)12(18)19-5-2/h8,11H,4-7H2,1-3H3. The fraction of sp³-hybridized carbons (Fsp3) is 0.750. The molecule has 7 heteroatoms. The number of carbonyl (C=O) groups is 1. The Bertz CT molecular complexity index is 421. The molecule has 0 saturated carbocycles. The molecule has 0 saturated heterocycles. The molecule has 1 rings (SSSR count). The number of hydrogen-bond acceptors (Lipinski definition) is 4. The van der Waals surface area contributed by atoms with Gasteiger partial charge in [0.15, 0.2) is 5.69 Å². The third-order valence-electron chi connectivity index (χ3n) is 2.71. The minimum absolute atomic E-state index is 0.112. The maximum atomic E-state index is 13.0. The Balaban J connectivity index is 2.96. The smallest absolute Gasteiger partial charge is 0.361 e. The number of esters is 1. The highest BCUT2D eigenvalue weighted by atomic mass is 19.3. The number of rotatable bonds is 7. The van der Waals surface area contributed by atoms with Gasteiger partial charge in [0, 0.05) is 6.54 Å². The Morgan fingerprint density at radius 3 is 2.63 bits per heavy atom. The van der Waals surface area contributed by atoms with Crippen molar-refractivity contribution in [2.45, 2.75) is 46.6 Å². The molecule has 1 unspecified atom stereocenters. The SMILES string of the molecule is CCCC(C)Cn1nnc(C(=O)OCC)c1C(F)F. The number of nitrogens with zero attached hydrogens (tertiary/aromatic N) is 3. The van der Waals surface area contributed by atoms with Crippen LogP contribution < -0.4 is 0 Å². The van der Waals surface area contributed by atoms with Gasteiger partial charge < -0.3 is 4.74 Å². The molecule has 0 aromatic carbocycles. The van der Waals surface area contributed by atoms with Gasteiger partial charge in [0.2, 0.25) is 0 Å². The third-order valence-corrected chi connectivity index (χ3v) is 2.71. The maximum absolute atomic E-state index is 13.0. The molecule has 0 fully saturated rings. The van der Waals surface area contributed by atoms with E-state index in [1.807, 2.05) is 13.8 Å². The lowest BCUT2D eigenvalue weighted by Gasteiger charge is -2.12. The van der Waals surface area contributed by atoms with Gasteiger partial charge in [-0.1, -0.05) is 25.5 Å². The van der Waals surface area contributed by atoms with Gasteiger partial charge in [-0.2, -0.15) is 0 Å². The van der Waals surface area contributed by atoms with Gasteiger partial charge in [-0.3, -0.25) is 0 Å². The molecular formula is C12H19F2N3O2. The van der Waals surface area contributed by atoms with Crippen molar-refractivity contribution in [3.63, 3.8) is 0 Å². The lowest BCUT2D eigenvalue weighted by atomic mass is 10.1. The van der Waals surface area contributed by atoms with E-state index in [9.17, 15) is 13.6 Å². The lowest BCUT2D eigenvalue weighted by Crippen LogP contribution is -2.14. The summed E-state index contributed by atoms with van der Waals surface area (Å²) in [7, 11) is 0. The summed E-state index contributed by atoms with van der Waals surface area (Å²) in [5.74, 6) is -0.661. The van der Waals surface area contributed by atoms with Gasteiger partial charge in [0.1, 0.15) is 5.69 Å². The summed E-state index contributed by atoms with van der Waals surface area (Å²) in [6, 6.07) is 0. The highest BCUT2D eigenvalue weighted by Crippen LogP contribution is 2.23. The highest BCUT2D eigenvalue weighted by molar-refractivity contribution is 5.88. The Morgan fingerprint density at radius 1 is 1.42 bits per heavy atom. The van der Waals surface area contributed by atoms with Crippen LogP contribution in [0.1, 0.15) is 56.2 Å². The maximum Gasteiger partial charge on any atom is 0.361 e. The van der Waals surface area contributed by atoms with Gasteiger partial charge in [-0.25, -0.2) is 18.3 Å². The van der Waals surface area contributed by atoms with Crippen LogP contribution >= 0.6 is 0 Å². The number of halogens is 2. The van der Waals surface area contributed by atoms with Crippen molar-refractivity contribution in [3.8, 4) is 0 Å². The fourth-order valence-electron chi connectivity index (χ4n) is 1.90. The van der Waals surface area contributed by atoms with Crippen LogP contribution in [0, 0.1) is 5.92 Å². The fourth-order valence-corrected chi connectivity index (χ4v) is 1.90. The van der Waals surface area contributed by atoms with E-state index in [-0.39, 0.29) is 18.2 Å². The molecule has 0 N–H and O–H groups in total. The van der Waals surface area contributed by atoms with Gasteiger partial charge >= 0.3 is 5.97 Å². The molecule has 0 aliphatic carbocycles. The van der Waals surface area contributed by atoms with Crippen LogP contribution in [0.5, 0.6) is 0 Å². The zero-order chi connectivity index (χ0) is 14.4. The van der Waals surface area contributed by atoms with E-state index in [1.165, 1.54) is 0 Å². The second kappa shape index (κ2) is 7.16. The predicted molar refractivity (Wildman–Crippen MR) is 65.0 cm³/mol. The number of aromatic nitrogens is 3. The summed E-state index contributed by atoms with van der Waals surface area (Å²) >= 11 is 0. The van der Waals surface area contributed by atoms with Crippen molar-refractivity contribution in [1.82, 2.24) is 15.0 Å². The molecule has 0 amide bonds. The predicted octanol–water partition coefficient (Wildman–Crippen LogP) is 2.83. The highest BCUT2D eigenvalue weighted by Gasteiger charge is 2.27. The first-order chi connectivity index (χ1) is 9.01. The van der Waals surface area contributed by atoms with Crippen LogP contribution in [-0.2, 0) is 11.3 Å². The largest absolute Gasteiger partial charge is 0.461 e. The van der Waals surface area contributed by atoms with Gasteiger partial charge in [-0.15, -0.1) is 5.10 Å². The van der Waals surface area contributed by atoms with Gasteiger partial charge in [0.05, 0.1) is 6.61 Å².